The molecule has 1 aromatic heterocycles. The number of benzene rings is 1. The van der Waals surface area contributed by atoms with Crippen LogP contribution in [0.1, 0.15) is 5.56 Å². The number of halogens is 1. The molecule has 0 amide bonds. The van der Waals surface area contributed by atoms with E-state index in [-0.39, 0.29) is 5.95 Å². The van der Waals surface area contributed by atoms with E-state index < -0.39 is 0 Å². The molecule has 2 aromatic rings. The van der Waals surface area contributed by atoms with Crippen molar-refractivity contribution in [2.45, 2.75) is 6.54 Å². The summed E-state index contributed by atoms with van der Waals surface area (Å²) in [7, 11) is 3.21. The number of nitrogen functional groups attached to an aromatic ring is 1. The molecular formula is C13H15ClN4O2. The molecule has 0 spiro atoms. The minimum absolute atomic E-state index is 0.165. The van der Waals surface area contributed by atoms with Crippen LogP contribution in [0.15, 0.2) is 24.4 Å². The number of nitrogens with two attached hydrogens (primary N) is 1. The fraction of sp³-hybridized carbons (Fsp3) is 0.231. The lowest BCUT2D eigenvalue weighted by Crippen LogP contribution is -2.06. The van der Waals surface area contributed by atoms with Crippen LogP contribution in [0.2, 0.25) is 5.02 Å². The second-order valence-electron chi connectivity index (χ2n) is 3.96. The Labute approximate surface area is 121 Å². The van der Waals surface area contributed by atoms with E-state index in [1.54, 1.807) is 14.2 Å². The number of methoxy groups -OCH3 is 2. The van der Waals surface area contributed by atoms with Gasteiger partial charge in [0.15, 0.2) is 5.82 Å². The minimum atomic E-state index is 0.165. The summed E-state index contributed by atoms with van der Waals surface area (Å²) in [6.45, 7) is 0.489. The molecular weight excluding hydrogens is 280 g/mol. The van der Waals surface area contributed by atoms with Crippen molar-refractivity contribution in [1.29, 1.82) is 0 Å². The quantitative estimate of drug-likeness (QED) is 0.881. The van der Waals surface area contributed by atoms with Gasteiger partial charge in [-0.25, -0.2) is 4.98 Å². The zero-order valence-electron chi connectivity index (χ0n) is 11.2. The number of nitrogens with zero attached hydrogens (tertiary/aromatic N) is 2. The Balaban J connectivity index is 2.16. The van der Waals surface area contributed by atoms with Crippen molar-refractivity contribution in [1.82, 2.24) is 9.97 Å². The second-order valence-corrected chi connectivity index (χ2v) is 4.36. The van der Waals surface area contributed by atoms with Crippen molar-refractivity contribution in [3.8, 4) is 11.5 Å². The van der Waals surface area contributed by atoms with E-state index in [4.69, 9.17) is 26.8 Å². The summed E-state index contributed by atoms with van der Waals surface area (Å²) in [5, 5.41) is 3.51. The Morgan fingerprint density at radius 3 is 2.80 bits per heavy atom. The third-order valence-electron chi connectivity index (χ3n) is 2.70. The lowest BCUT2D eigenvalue weighted by Gasteiger charge is -2.12. The van der Waals surface area contributed by atoms with E-state index >= 15 is 0 Å². The largest absolute Gasteiger partial charge is 0.497 e. The molecule has 0 radical (unpaired) electrons. The summed E-state index contributed by atoms with van der Waals surface area (Å²) < 4.78 is 10.5. The first-order valence-electron chi connectivity index (χ1n) is 5.87. The van der Waals surface area contributed by atoms with Gasteiger partial charge in [0.1, 0.15) is 16.5 Å². The van der Waals surface area contributed by atoms with E-state index in [9.17, 15) is 0 Å². The number of rotatable bonds is 5. The standard InChI is InChI=1S/C13H15ClN4O2/c1-19-9-4-3-8(11(5-9)20-2)6-16-12-10(14)7-17-13(15)18-12/h3-5,7H,6H2,1-2H3,(H3,15,16,17,18). The number of nitrogens with one attached hydrogen (secondary N) is 1. The molecule has 0 bridgehead atoms. The Morgan fingerprint density at radius 2 is 2.10 bits per heavy atom. The molecule has 1 heterocycles. The zero-order valence-corrected chi connectivity index (χ0v) is 11.9. The van der Waals surface area contributed by atoms with Crippen molar-refractivity contribution >= 4 is 23.4 Å². The van der Waals surface area contributed by atoms with Crippen LogP contribution < -0.4 is 20.5 Å². The normalized spacial score (nSPS) is 10.2. The maximum absolute atomic E-state index is 5.99. The van der Waals surface area contributed by atoms with Gasteiger partial charge in [0.05, 0.1) is 20.4 Å². The van der Waals surface area contributed by atoms with Crippen LogP contribution in [-0.2, 0) is 6.54 Å². The Bertz CT molecular complexity index is 607. The number of anilines is 2. The molecule has 2 rings (SSSR count). The highest BCUT2D eigenvalue weighted by molar-refractivity contribution is 6.32. The summed E-state index contributed by atoms with van der Waals surface area (Å²) in [5.74, 6) is 2.10. The number of ether oxygens (including phenoxy) is 2. The first-order chi connectivity index (χ1) is 9.63. The first-order valence-corrected chi connectivity index (χ1v) is 6.24. The summed E-state index contributed by atoms with van der Waals surface area (Å²) in [5.41, 5.74) is 6.47. The molecule has 1 aromatic carbocycles. The van der Waals surface area contributed by atoms with Gasteiger partial charge in [-0.15, -0.1) is 0 Å². The SMILES string of the molecule is COc1ccc(CNc2nc(N)ncc2Cl)c(OC)c1. The van der Waals surface area contributed by atoms with Crippen LogP contribution in [0.25, 0.3) is 0 Å². The van der Waals surface area contributed by atoms with Crippen LogP contribution in [0, 0.1) is 0 Å². The third-order valence-corrected chi connectivity index (χ3v) is 2.98. The molecule has 0 saturated heterocycles. The van der Waals surface area contributed by atoms with Gasteiger partial charge < -0.3 is 20.5 Å². The van der Waals surface area contributed by atoms with Crippen molar-refractivity contribution in [2.75, 3.05) is 25.3 Å². The average molecular weight is 295 g/mol. The minimum Gasteiger partial charge on any atom is -0.497 e. The van der Waals surface area contributed by atoms with E-state index in [0.29, 0.717) is 17.4 Å². The van der Waals surface area contributed by atoms with Gasteiger partial charge in [0.25, 0.3) is 0 Å². The highest BCUT2D eigenvalue weighted by Gasteiger charge is 2.07. The van der Waals surface area contributed by atoms with Crippen molar-refractivity contribution in [3.63, 3.8) is 0 Å². The van der Waals surface area contributed by atoms with Crippen LogP contribution in [0.5, 0.6) is 11.5 Å². The van der Waals surface area contributed by atoms with E-state index in [0.717, 1.165) is 17.1 Å². The summed E-state index contributed by atoms with van der Waals surface area (Å²) in [6.07, 6.45) is 1.46. The summed E-state index contributed by atoms with van der Waals surface area (Å²) in [4.78, 5) is 7.84. The number of hydrogen-bond donors (Lipinski definition) is 2. The van der Waals surface area contributed by atoms with Gasteiger partial charge in [-0.3, -0.25) is 0 Å². The van der Waals surface area contributed by atoms with Gasteiger partial charge in [0, 0.05) is 18.2 Å². The van der Waals surface area contributed by atoms with Crippen molar-refractivity contribution in [2.24, 2.45) is 0 Å². The van der Waals surface area contributed by atoms with Crippen LogP contribution in [-0.4, -0.2) is 24.2 Å². The number of hydrogen-bond acceptors (Lipinski definition) is 6. The smallest absolute Gasteiger partial charge is 0.222 e. The summed E-state index contributed by atoms with van der Waals surface area (Å²) in [6, 6.07) is 5.57. The highest BCUT2D eigenvalue weighted by Crippen LogP contribution is 2.26. The average Bonchev–Trinajstić information content (AvgIpc) is 2.48. The molecule has 0 aliphatic rings. The molecule has 0 aliphatic carbocycles. The van der Waals surface area contributed by atoms with E-state index in [1.165, 1.54) is 6.20 Å². The van der Waals surface area contributed by atoms with Gasteiger partial charge >= 0.3 is 0 Å². The lowest BCUT2D eigenvalue weighted by molar-refractivity contribution is 0.391. The predicted octanol–water partition coefficient (Wildman–Crippen LogP) is 2.34. The second kappa shape index (κ2) is 6.29. The van der Waals surface area contributed by atoms with Gasteiger partial charge in [-0.05, 0) is 12.1 Å². The lowest BCUT2D eigenvalue weighted by atomic mass is 10.2. The van der Waals surface area contributed by atoms with Crippen LogP contribution in [0.3, 0.4) is 0 Å². The van der Waals surface area contributed by atoms with E-state index in [1.807, 2.05) is 18.2 Å². The molecule has 3 N–H and O–H groups in total. The van der Waals surface area contributed by atoms with Crippen LogP contribution in [0.4, 0.5) is 11.8 Å². The fourth-order valence-corrected chi connectivity index (χ4v) is 1.84. The molecule has 20 heavy (non-hydrogen) atoms. The molecule has 0 unspecified atom stereocenters. The Hall–Kier alpha value is -2.21. The highest BCUT2D eigenvalue weighted by atomic mass is 35.5. The number of aromatic nitrogens is 2. The van der Waals surface area contributed by atoms with Crippen molar-refractivity contribution < 1.29 is 9.47 Å². The maximum Gasteiger partial charge on any atom is 0.222 e. The molecule has 0 fully saturated rings. The predicted molar refractivity (Wildman–Crippen MR) is 78.3 cm³/mol. The third kappa shape index (κ3) is 3.21. The van der Waals surface area contributed by atoms with E-state index in [2.05, 4.69) is 15.3 Å². The Morgan fingerprint density at radius 1 is 1.30 bits per heavy atom. The fourth-order valence-electron chi connectivity index (χ4n) is 1.68. The van der Waals surface area contributed by atoms with Crippen LogP contribution >= 0.6 is 11.6 Å². The molecule has 0 atom stereocenters. The van der Waals surface area contributed by atoms with Gasteiger partial charge in [-0.1, -0.05) is 11.6 Å². The molecule has 106 valence electrons. The molecule has 7 heteroatoms. The first kappa shape index (κ1) is 14.2. The maximum atomic E-state index is 5.99. The zero-order chi connectivity index (χ0) is 14.5. The van der Waals surface area contributed by atoms with Gasteiger partial charge in [0.2, 0.25) is 5.95 Å². The van der Waals surface area contributed by atoms with Crippen molar-refractivity contribution in [3.05, 3.63) is 35.0 Å². The Kier molecular flexibility index (Phi) is 4.47. The summed E-state index contributed by atoms with van der Waals surface area (Å²) >= 11 is 5.99. The monoisotopic (exact) mass is 294 g/mol. The molecule has 6 nitrogen and oxygen atoms in total. The molecule has 0 aliphatic heterocycles. The van der Waals surface area contributed by atoms with Gasteiger partial charge in [-0.2, -0.15) is 4.98 Å². The molecule has 0 saturated carbocycles. The topological polar surface area (TPSA) is 82.3 Å².